The van der Waals surface area contributed by atoms with Crippen molar-refractivity contribution in [1.29, 1.82) is 0 Å². The van der Waals surface area contributed by atoms with Crippen LogP contribution in [0.5, 0.6) is 11.6 Å². The summed E-state index contributed by atoms with van der Waals surface area (Å²) in [7, 11) is 1.51. The number of nitrogens with zero attached hydrogens (tertiary/aromatic N) is 1. The fraction of sp³-hybridized carbons (Fsp3) is 0.200. The van der Waals surface area contributed by atoms with Gasteiger partial charge in [-0.25, -0.2) is 4.98 Å². The Labute approximate surface area is 187 Å². The average Bonchev–Trinajstić information content (AvgIpc) is 2.78. The molecule has 0 saturated carbocycles. The van der Waals surface area contributed by atoms with Gasteiger partial charge in [0, 0.05) is 18.3 Å². The van der Waals surface area contributed by atoms with Crippen LogP contribution in [0.3, 0.4) is 0 Å². The monoisotopic (exact) mass is 433 g/mol. The summed E-state index contributed by atoms with van der Waals surface area (Å²) in [5, 5.41) is 13.0. The molecule has 0 fully saturated rings. The third kappa shape index (κ3) is 5.94. The predicted molar refractivity (Wildman–Crippen MR) is 123 cm³/mol. The maximum Gasteiger partial charge on any atom is 0.257 e. The number of hydrogen-bond donors (Lipinski definition) is 3. The van der Waals surface area contributed by atoms with Gasteiger partial charge in [0.15, 0.2) is 0 Å². The SMILES string of the molecule is C=C(NOC)c1cccc(Oc2ncccc2C(=O)NCc2ccc(C(C)(C)O)cc2)c1. The second-order valence-corrected chi connectivity index (χ2v) is 7.71. The highest BCUT2D eigenvalue weighted by Gasteiger charge is 2.16. The number of carbonyl (C=O) groups excluding carboxylic acids is 1. The largest absolute Gasteiger partial charge is 0.438 e. The van der Waals surface area contributed by atoms with Gasteiger partial charge in [0.1, 0.15) is 11.3 Å². The molecule has 0 radical (unpaired) electrons. The number of amides is 1. The summed E-state index contributed by atoms with van der Waals surface area (Å²) in [4.78, 5) is 21.9. The first-order chi connectivity index (χ1) is 15.3. The van der Waals surface area contributed by atoms with E-state index in [1.807, 2.05) is 36.4 Å². The highest BCUT2D eigenvalue weighted by molar-refractivity contribution is 5.96. The van der Waals surface area contributed by atoms with Crippen LogP contribution in [0.2, 0.25) is 0 Å². The van der Waals surface area contributed by atoms with Crippen LogP contribution in [0.4, 0.5) is 0 Å². The van der Waals surface area contributed by atoms with Crippen molar-refractivity contribution < 1.29 is 19.5 Å². The second-order valence-electron chi connectivity index (χ2n) is 7.71. The zero-order chi connectivity index (χ0) is 23.1. The summed E-state index contributed by atoms with van der Waals surface area (Å²) in [5.74, 6) is 0.405. The van der Waals surface area contributed by atoms with Gasteiger partial charge in [0.05, 0.1) is 18.4 Å². The highest BCUT2D eigenvalue weighted by Crippen LogP contribution is 2.25. The molecule has 3 N–H and O–H groups in total. The molecule has 0 bridgehead atoms. The van der Waals surface area contributed by atoms with Crippen LogP contribution in [0.15, 0.2) is 73.4 Å². The maximum atomic E-state index is 12.8. The van der Waals surface area contributed by atoms with Crippen LogP contribution in [-0.4, -0.2) is 23.1 Å². The van der Waals surface area contributed by atoms with Gasteiger partial charge in [-0.15, -0.1) is 0 Å². The minimum atomic E-state index is -0.910. The number of aromatic nitrogens is 1. The van der Waals surface area contributed by atoms with E-state index in [0.29, 0.717) is 23.6 Å². The van der Waals surface area contributed by atoms with Crippen molar-refractivity contribution >= 4 is 11.6 Å². The predicted octanol–water partition coefficient (Wildman–Crippen LogP) is 4.15. The molecular weight excluding hydrogens is 406 g/mol. The lowest BCUT2D eigenvalue weighted by molar-refractivity contribution is 0.0785. The molecule has 1 amide bonds. The van der Waals surface area contributed by atoms with E-state index in [4.69, 9.17) is 9.57 Å². The van der Waals surface area contributed by atoms with Gasteiger partial charge in [-0.05, 0) is 49.2 Å². The van der Waals surface area contributed by atoms with Gasteiger partial charge in [-0.3, -0.25) is 15.1 Å². The summed E-state index contributed by atoms with van der Waals surface area (Å²) in [6.45, 7) is 7.68. The lowest BCUT2D eigenvalue weighted by Gasteiger charge is -2.18. The lowest BCUT2D eigenvalue weighted by Crippen LogP contribution is -2.23. The summed E-state index contributed by atoms with van der Waals surface area (Å²) in [6.07, 6.45) is 1.57. The minimum Gasteiger partial charge on any atom is -0.438 e. The Morgan fingerprint density at radius 1 is 1.12 bits per heavy atom. The van der Waals surface area contributed by atoms with Crippen molar-refractivity contribution in [1.82, 2.24) is 15.8 Å². The number of hydrogen-bond acceptors (Lipinski definition) is 6. The van der Waals surface area contributed by atoms with Crippen molar-refractivity contribution in [2.24, 2.45) is 0 Å². The first kappa shape index (κ1) is 23.0. The van der Waals surface area contributed by atoms with Crippen LogP contribution in [-0.2, 0) is 17.0 Å². The Hall–Kier alpha value is -3.68. The molecule has 3 rings (SSSR count). The Morgan fingerprint density at radius 2 is 1.88 bits per heavy atom. The Morgan fingerprint density at radius 3 is 2.56 bits per heavy atom. The van der Waals surface area contributed by atoms with Gasteiger partial charge in [-0.2, -0.15) is 0 Å². The molecule has 0 unspecified atom stereocenters. The summed E-state index contributed by atoms with van der Waals surface area (Å²) >= 11 is 0. The first-order valence-corrected chi connectivity index (χ1v) is 10.1. The van der Waals surface area contributed by atoms with E-state index in [0.717, 1.165) is 16.7 Å². The summed E-state index contributed by atoms with van der Waals surface area (Å²) in [5.41, 5.74) is 5.17. The van der Waals surface area contributed by atoms with Gasteiger partial charge in [-0.1, -0.05) is 43.0 Å². The maximum absolute atomic E-state index is 12.8. The Bertz CT molecular complexity index is 1090. The van der Waals surface area contributed by atoms with Gasteiger partial charge >= 0.3 is 0 Å². The molecule has 0 aliphatic heterocycles. The number of pyridine rings is 1. The van der Waals surface area contributed by atoms with Crippen molar-refractivity contribution in [3.05, 3.63) is 95.7 Å². The third-order valence-electron chi connectivity index (χ3n) is 4.75. The molecule has 2 aromatic carbocycles. The standard InChI is InChI=1S/C25H27N3O4/c1-17(28-31-4)19-7-5-8-21(15-19)32-24-22(9-6-14-26-24)23(29)27-16-18-10-12-20(13-11-18)25(2,3)30/h5-15,28,30H,1,16H2,2-4H3,(H,27,29). The average molecular weight is 434 g/mol. The molecular formula is C25H27N3O4. The molecule has 1 aromatic heterocycles. The summed E-state index contributed by atoms with van der Waals surface area (Å²) in [6, 6.07) is 18.0. The molecule has 7 nitrogen and oxygen atoms in total. The molecule has 0 aliphatic rings. The number of rotatable bonds is 9. The quantitative estimate of drug-likeness (QED) is 0.439. The van der Waals surface area contributed by atoms with E-state index in [1.54, 1.807) is 44.3 Å². The normalized spacial score (nSPS) is 11.0. The van der Waals surface area contributed by atoms with Crippen molar-refractivity contribution in [2.45, 2.75) is 26.0 Å². The second kappa shape index (κ2) is 10.1. The fourth-order valence-electron chi connectivity index (χ4n) is 2.99. The van der Waals surface area contributed by atoms with Crippen LogP contribution in [0, 0.1) is 0 Å². The van der Waals surface area contributed by atoms with E-state index in [-0.39, 0.29) is 11.8 Å². The van der Waals surface area contributed by atoms with Gasteiger partial charge in [0.25, 0.3) is 5.91 Å². The number of hydroxylamine groups is 1. The Kier molecular flexibility index (Phi) is 7.25. The highest BCUT2D eigenvalue weighted by atomic mass is 16.6. The lowest BCUT2D eigenvalue weighted by atomic mass is 9.97. The third-order valence-corrected chi connectivity index (χ3v) is 4.75. The van der Waals surface area contributed by atoms with Crippen LogP contribution in [0.1, 0.15) is 40.9 Å². The molecule has 0 spiro atoms. The van der Waals surface area contributed by atoms with Gasteiger partial charge < -0.3 is 15.2 Å². The number of benzene rings is 2. The van der Waals surface area contributed by atoms with Crippen molar-refractivity contribution in [3.63, 3.8) is 0 Å². The van der Waals surface area contributed by atoms with Crippen molar-refractivity contribution in [2.75, 3.05) is 7.11 Å². The van der Waals surface area contributed by atoms with Gasteiger partial charge in [0.2, 0.25) is 5.88 Å². The van der Waals surface area contributed by atoms with E-state index >= 15 is 0 Å². The molecule has 0 saturated heterocycles. The molecule has 32 heavy (non-hydrogen) atoms. The van der Waals surface area contributed by atoms with E-state index in [1.165, 1.54) is 7.11 Å². The topological polar surface area (TPSA) is 92.7 Å². The van der Waals surface area contributed by atoms with E-state index < -0.39 is 5.60 Å². The smallest absolute Gasteiger partial charge is 0.257 e. The number of nitrogens with one attached hydrogen (secondary N) is 2. The summed E-state index contributed by atoms with van der Waals surface area (Å²) < 4.78 is 5.90. The number of aliphatic hydroxyl groups is 1. The van der Waals surface area contributed by atoms with Crippen LogP contribution >= 0.6 is 0 Å². The Balaban J connectivity index is 1.70. The number of ether oxygens (including phenoxy) is 1. The molecule has 166 valence electrons. The fourth-order valence-corrected chi connectivity index (χ4v) is 2.99. The van der Waals surface area contributed by atoms with E-state index in [9.17, 15) is 9.90 Å². The number of carbonyl (C=O) groups is 1. The van der Waals surface area contributed by atoms with Crippen molar-refractivity contribution in [3.8, 4) is 11.6 Å². The molecule has 0 aliphatic carbocycles. The van der Waals surface area contributed by atoms with Crippen LogP contribution < -0.4 is 15.5 Å². The first-order valence-electron chi connectivity index (χ1n) is 10.1. The molecule has 0 atom stereocenters. The molecule has 7 heteroatoms. The minimum absolute atomic E-state index is 0.199. The molecule has 3 aromatic rings. The zero-order valence-corrected chi connectivity index (χ0v) is 18.4. The zero-order valence-electron chi connectivity index (χ0n) is 18.4. The molecule has 1 heterocycles. The van der Waals surface area contributed by atoms with E-state index in [2.05, 4.69) is 22.4 Å². The van der Waals surface area contributed by atoms with Crippen LogP contribution in [0.25, 0.3) is 5.70 Å².